The van der Waals surface area contributed by atoms with Crippen LogP contribution in [0.5, 0.6) is 0 Å². The molecule has 1 rings (SSSR count). The number of rotatable bonds is 0. The van der Waals surface area contributed by atoms with Crippen LogP contribution in [0, 0.1) is 0 Å². The Balaban J connectivity index is 2.91. The third kappa shape index (κ3) is 0.673. The molecular weight excluding hydrogens is 291 g/mol. The van der Waals surface area contributed by atoms with E-state index in [1.54, 1.807) is 0 Å². The van der Waals surface area contributed by atoms with Gasteiger partial charge in [-0.15, -0.1) is 0 Å². The molecule has 0 N–H and O–H groups in total. The monoisotopic (exact) mass is 290 g/mol. The van der Waals surface area contributed by atoms with E-state index in [4.69, 9.17) is 23.2 Å². The van der Waals surface area contributed by atoms with E-state index in [1.165, 1.54) is 0 Å². The van der Waals surface area contributed by atoms with E-state index in [0.29, 0.717) is 0 Å². The number of alkyl halides is 6. The van der Waals surface area contributed by atoms with Crippen molar-refractivity contribution < 1.29 is 13.2 Å². The van der Waals surface area contributed by atoms with Gasteiger partial charge in [0.2, 0.25) is 4.33 Å². The van der Waals surface area contributed by atoms with Crippen LogP contribution in [0.1, 0.15) is 0 Å². The molecule has 1 aliphatic carbocycles. The average Bonchev–Trinajstić information content (AvgIpc) is 1.84. The molecule has 9 heavy (non-hydrogen) atoms. The third-order valence-corrected chi connectivity index (χ3v) is 4.24. The molecule has 0 aromatic rings. The first-order chi connectivity index (χ1) is 3.75. The Bertz CT molecular complexity index is 115. The summed E-state index contributed by atoms with van der Waals surface area (Å²) >= 11 is 10.6. The van der Waals surface area contributed by atoms with Crippen molar-refractivity contribution in [3.05, 3.63) is 0 Å². The molecule has 0 aromatic carbocycles. The quantitative estimate of drug-likeness (QED) is 0.475. The van der Waals surface area contributed by atoms with Gasteiger partial charge in [0.15, 0.2) is 0 Å². The largest absolute Gasteiger partial charge is 0.330 e. The summed E-state index contributed by atoms with van der Waals surface area (Å²) in [6, 6.07) is 0. The summed E-state index contributed by atoms with van der Waals surface area (Å²) in [7, 11) is 0. The van der Waals surface area contributed by atoms with Gasteiger partial charge >= 0.3 is 5.92 Å². The Morgan fingerprint density at radius 1 is 1.11 bits per heavy atom. The molecule has 0 aliphatic heterocycles. The Hall–Kier alpha value is 1.10. The lowest BCUT2D eigenvalue weighted by atomic mass is 10.8. The lowest BCUT2D eigenvalue weighted by molar-refractivity contribution is 0.0805. The van der Waals surface area contributed by atoms with Gasteiger partial charge in [0.1, 0.15) is 0 Å². The van der Waals surface area contributed by atoms with E-state index in [-0.39, 0.29) is 0 Å². The van der Waals surface area contributed by atoms with Crippen LogP contribution in [-0.4, -0.2) is 13.9 Å². The van der Waals surface area contributed by atoms with Crippen LogP contribution in [0.3, 0.4) is 0 Å². The minimum Gasteiger partial charge on any atom is -0.222 e. The van der Waals surface area contributed by atoms with E-state index in [2.05, 4.69) is 0 Å². The molecule has 0 bridgehead atoms. The lowest BCUT2D eigenvalue weighted by Gasteiger charge is -1.88. The molecular formula is C3Cl2F3I. The minimum absolute atomic E-state index is 0.894. The SMILES string of the molecule is FC1(F)C(Cl)(Cl)[C@]1(F)I. The first-order valence-corrected chi connectivity index (χ1v) is 3.72. The molecule has 1 saturated carbocycles. The zero-order valence-corrected chi connectivity index (χ0v) is 7.44. The van der Waals surface area contributed by atoms with Crippen LogP contribution in [0.4, 0.5) is 13.2 Å². The predicted octanol–water partition coefficient (Wildman–Crippen LogP) is 2.91. The van der Waals surface area contributed by atoms with Gasteiger partial charge in [0, 0.05) is 0 Å². The van der Waals surface area contributed by atoms with E-state index in [1.807, 2.05) is 0 Å². The summed E-state index contributed by atoms with van der Waals surface area (Å²) in [5, 5.41) is 0. The van der Waals surface area contributed by atoms with Gasteiger partial charge in [-0.2, -0.15) is 8.78 Å². The Kier molecular flexibility index (Phi) is 1.49. The Labute approximate surface area is 72.8 Å². The first-order valence-electron chi connectivity index (χ1n) is 1.88. The van der Waals surface area contributed by atoms with Crippen molar-refractivity contribution >= 4 is 45.8 Å². The molecule has 0 spiro atoms. The van der Waals surface area contributed by atoms with Crippen LogP contribution in [0.15, 0.2) is 0 Å². The molecule has 0 radical (unpaired) electrons. The van der Waals surface area contributed by atoms with E-state index in [9.17, 15) is 13.2 Å². The summed E-state index contributed by atoms with van der Waals surface area (Å²) in [5.74, 6) is -3.61. The lowest BCUT2D eigenvalue weighted by Crippen LogP contribution is -2.00. The van der Waals surface area contributed by atoms with Crippen molar-refractivity contribution in [1.29, 1.82) is 0 Å². The molecule has 1 aliphatic rings. The van der Waals surface area contributed by atoms with Crippen LogP contribution >= 0.6 is 45.8 Å². The van der Waals surface area contributed by atoms with Crippen LogP contribution < -0.4 is 0 Å². The zero-order chi connectivity index (χ0) is 7.50. The number of hydrogen-bond donors (Lipinski definition) is 0. The fourth-order valence-corrected chi connectivity index (χ4v) is 1.69. The first kappa shape index (κ1) is 8.20. The van der Waals surface area contributed by atoms with Gasteiger partial charge in [-0.3, -0.25) is 0 Å². The predicted molar refractivity (Wildman–Crippen MR) is 37.2 cm³/mol. The number of hydrogen-bond acceptors (Lipinski definition) is 0. The Morgan fingerprint density at radius 2 is 1.22 bits per heavy atom. The maximum absolute atomic E-state index is 12.3. The maximum atomic E-state index is 12.3. The maximum Gasteiger partial charge on any atom is 0.330 e. The highest BCUT2D eigenvalue weighted by Gasteiger charge is 2.93. The molecule has 0 nitrogen and oxygen atoms in total. The van der Waals surface area contributed by atoms with E-state index in [0.717, 1.165) is 22.6 Å². The molecule has 0 heterocycles. The fourth-order valence-electron chi connectivity index (χ4n) is 0.356. The standard InChI is InChI=1S/C3Cl2F3I/c4-1(5)2(6,7)3(1,8)9/t3-/m0/s1. The number of halogens is 6. The van der Waals surface area contributed by atoms with Gasteiger partial charge < -0.3 is 0 Å². The second kappa shape index (κ2) is 1.64. The Morgan fingerprint density at radius 3 is 1.22 bits per heavy atom. The summed E-state index contributed by atoms with van der Waals surface area (Å²) in [6.07, 6.45) is 0. The van der Waals surface area contributed by atoms with Crippen LogP contribution in [0.2, 0.25) is 0 Å². The van der Waals surface area contributed by atoms with Crippen LogP contribution in [0.25, 0.3) is 0 Å². The second-order valence-electron chi connectivity index (χ2n) is 1.72. The van der Waals surface area contributed by atoms with Crippen molar-refractivity contribution in [3.63, 3.8) is 0 Å². The van der Waals surface area contributed by atoms with Gasteiger partial charge in [-0.1, -0.05) is 23.2 Å². The zero-order valence-electron chi connectivity index (χ0n) is 3.77. The van der Waals surface area contributed by atoms with Crippen molar-refractivity contribution in [2.75, 3.05) is 0 Å². The van der Waals surface area contributed by atoms with Crippen molar-refractivity contribution in [3.8, 4) is 0 Å². The topological polar surface area (TPSA) is 0 Å². The van der Waals surface area contributed by atoms with Crippen LogP contribution in [-0.2, 0) is 0 Å². The van der Waals surface area contributed by atoms with E-state index < -0.39 is 13.9 Å². The summed E-state index contributed by atoms with van der Waals surface area (Å²) in [6.45, 7) is 0. The summed E-state index contributed by atoms with van der Waals surface area (Å²) in [5.41, 5.74) is 0. The molecule has 1 atom stereocenters. The molecule has 0 aromatic heterocycles. The smallest absolute Gasteiger partial charge is 0.222 e. The highest BCUT2D eigenvalue weighted by atomic mass is 127. The highest BCUT2D eigenvalue weighted by Crippen LogP contribution is 2.74. The summed E-state index contributed by atoms with van der Waals surface area (Å²) in [4.78, 5) is 0. The fraction of sp³-hybridized carbons (Fsp3) is 1.00. The van der Waals surface area contributed by atoms with Crippen molar-refractivity contribution in [2.45, 2.75) is 13.9 Å². The molecule has 0 amide bonds. The van der Waals surface area contributed by atoms with Gasteiger partial charge in [0.25, 0.3) is 3.68 Å². The van der Waals surface area contributed by atoms with Crippen molar-refractivity contribution in [1.82, 2.24) is 0 Å². The van der Waals surface area contributed by atoms with E-state index >= 15 is 0 Å². The summed E-state index contributed by atoms with van der Waals surface area (Å²) < 4.78 is 31.1. The van der Waals surface area contributed by atoms with Crippen molar-refractivity contribution in [2.24, 2.45) is 0 Å². The highest BCUT2D eigenvalue weighted by molar-refractivity contribution is 14.1. The average molecular weight is 291 g/mol. The second-order valence-corrected chi connectivity index (χ2v) is 4.54. The van der Waals surface area contributed by atoms with Gasteiger partial charge in [0.05, 0.1) is 0 Å². The molecule has 54 valence electrons. The molecule has 1 fully saturated rings. The molecule has 0 unspecified atom stereocenters. The van der Waals surface area contributed by atoms with Gasteiger partial charge in [-0.25, -0.2) is 4.39 Å². The molecule has 0 saturated heterocycles. The third-order valence-electron chi connectivity index (χ3n) is 1.12. The van der Waals surface area contributed by atoms with Gasteiger partial charge in [-0.05, 0) is 22.6 Å². The normalized spacial score (nSPS) is 44.7. The molecule has 6 heteroatoms. The minimum atomic E-state index is -3.61.